The van der Waals surface area contributed by atoms with Gasteiger partial charge in [-0.1, -0.05) is 55.0 Å². The number of benzene rings is 2. The maximum atomic E-state index is 13.3. The summed E-state index contributed by atoms with van der Waals surface area (Å²) in [6.07, 6.45) is 1.76. The lowest BCUT2D eigenvalue weighted by atomic mass is 10.1. The van der Waals surface area contributed by atoms with Crippen LogP contribution in [0.1, 0.15) is 51.6 Å². The molecule has 0 radical (unpaired) electrons. The van der Waals surface area contributed by atoms with Crippen molar-refractivity contribution >= 4 is 38.4 Å². The summed E-state index contributed by atoms with van der Waals surface area (Å²) in [6, 6.07) is 19.3. The highest BCUT2D eigenvalue weighted by Gasteiger charge is 2.18. The number of aromatic nitrogens is 1. The number of aliphatic hydroxyl groups is 1. The van der Waals surface area contributed by atoms with E-state index in [1.165, 1.54) is 11.3 Å². The number of amides is 1. The minimum Gasteiger partial charge on any atom is -0.458 e. The van der Waals surface area contributed by atoms with Crippen molar-refractivity contribution in [1.29, 1.82) is 0 Å². The van der Waals surface area contributed by atoms with Crippen LogP contribution in [0.4, 0.5) is 0 Å². The predicted molar refractivity (Wildman–Crippen MR) is 152 cm³/mol. The fourth-order valence-electron chi connectivity index (χ4n) is 4.46. The third-order valence-corrected chi connectivity index (χ3v) is 7.66. The molecule has 0 bridgehead atoms. The van der Waals surface area contributed by atoms with E-state index in [0.29, 0.717) is 37.3 Å². The number of thiophene rings is 1. The number of rotatable bonds is 10. The van der Waals surface area contributed by atoms with Crippen molar-refractivity contribution in [3.05, 3.63) is 104 Å². The van der Waals surface area contributed by atoms with Gasteiger partial charge in [0, 0.05) is 42.6 Å². The summed E-state index contributed by atoms with van der Waals surface area (Å²) in [4.78, 5) is 28.1. The van der Waals surface area contributed by atoms with Gasteiger partial charge in [-0.25, -0.2) is 0 Å². The van der Waals surface area contributed by atoms with Gasteiger partial charge in [-0.2, -0.15) is 0 Å². The Morgan fingerprint density at radius 3 is 2.66 bits per heavy atom. The van der Waals surface area contributed by atoms with Crippen LogP contribution in [0.25, 0.3) is 21.2 Å². The van der Waals surface area contributed by atoms with Crippen LogP contribution >= 0.6 is 11.3 Å². The molecule has 3 N–H and O–H groups in total. The number of hydrogen-bond acceptors (Lipinski definition) is 6. The fourth-order valence-corrected chi connectivity index (χ4v) is 5.59. The molecule has 0 fully saturated rings. The number of aryl methyl sites for hydroxylation is 2. The first-order chi connectivity index (χ1) is 18.4. The molecule has 3 heterocycles. The van der Waals surface area contributed by atoms with E-state index < -0.39 is 6.10 Å². The van der Waals surface area contributed by atoms with Gasteiger partial charge in [0.1, 0.15) is 27.8 Å². The molecule has 0 saturated carbocycles. The lowest BCUT2D eigenvalue weighted by molar-refractivity contribution is 0.0949. The van der Waals surface area contributed by atoms with E-state index >= 15 is 0 Å². The summed E-state index contributed by atoms with van der Waals surface area (Å²) in [5, 5.41) is 18.2. The number of furan rings is 1. The van der Waals surface area contributed by atoms with Gasteiger partial charge in [0.05, 0.1) is 5.39 Å². The van der Waals surface area contributed by atoms with Crippen molar-refractivity contribution < 1.29 is 14.3 Å². The van der Waals surface area contributed by atoms with E-state index in [4.69, 9.17) is 4.42 Å². The summed E-state index contributed by atoms with van der Waals surface area (Å²) < 4.78 is 7.75. The molecule has 5 rings (SSSR count). The van der Waals surface area contributed by atoms with Crippen molar-refractivity contribution in [3.63, 3.8) is 0 Å². The van der Waals surface area contributed by atoms with Crippen molar-refractivity contribution in [2.45, 2.75) is 46.0 Å². The van der Waals surface area contributed by atoms with Gasteiger partial charge < -0.3 is 24.7 Å². The maximum Gasteiger partial charge on any atom is 0.257 e. The number of aliphatic hydroxyl groups excluding tert-OH is 1. The lowest BCUT2D eigenvalue weighted by Gasteiger charge is -2.10. The first kappa shape index (κ1) is 25.9. The third-order valence-electron chi connectivity index (χ3n) is 6.49. The molecule has 0 saturated heterocycles. The van der Waals surface area contributed by atoms with E-state index in [-0.39, 0.29) is 16.9 Å². The predicted octanol–water partition coefficient (Wildman–Crippen LogP) is 5.28. The van der Waals surface area contributed by atoms with Crippen LogP contribution in [0.15, 0.2) is 76.1 Å². The van der Waals surface area contributed by atoms with Gasteiger partial charge in [0.15, 0.2) is 0 Å². The monoisotopic (exact) mass is 529 g/mol. The summed E-state index contributed by atoms with van der Waals surface area (Å²) in [6.45, 7) is 5.93. The summed E-state index contributed by atoms with van der Waals surface area (Å²) >= 11 is 1.52. The highest BCUT2D eigenvalue weighted by Crippen LogP contribution is 2.26. The molecule has 8 heteroatoms. The molecule has 2 aromatic carbocycles. The SMILES string of the molecule is CCCn1cc(C(=O)NCc2ccc(C)cc2)c(=O)c2cc(CNCC(O)c3cc4ccccc4o3)sc21. The molecule has 1 amide bonds. The Labute approximate surface area is 224 Å². The molecule has 1 atom stereocenters. The number of carbonyl (C=O) groups excluding carboxylic acids is 1. The van der Waals surface area contributed by atoms with Crippen molar-refractivity contribution in [1.82, 2.24) is 15.2 Å². The van der Waals surface area contributed by atoms with Crippen LogP contribution in [-0.4, -0.2) is 22.1 Å². The van der Waals surface area contributed by atoms with Gasteiger partial charge in [0.25, 0.3) is 5.91 Å². The number of hydrogen-bond donors (Lipinski definition) is 3. The highest BCUT2D eigenvalue weighted by molar-refractivity contribution is 7.18. The molecule has 38 heavy (non-hydrogen) atoms. The van der Waals surface area contributed by atoms with E-state index in [2.05, 4.69) is 17.6 Å². The average Bonchev–Trinajstić information content (AvgIpc) is 3.55. The number of fused-ring (bicyclic) bond motifs is 2. The summed E-state index contributed by atoms with van der Waals surface area (Å²) in [5.74, 6) is 0.140. The Hall–Kier alpha value is -3.72. The topological polar surface area (TPSA) is 96.5 Å². The zero-order chi connectivity index (χ0) is 26.6. The van der Waals surface area contributed by atoms with Crippen molar-refractivity contribution in [3.8, 4) is 0 Å². The van der Waals surface area contributed by atoms with Crippen LogP contribution < -0.4 is 16.1 Å². The Kier molecular flexibility index (Phi) is 7.74. The van der Waals surface area contributed by atoms with E-state index in [1.807, 2.05) is 72.2 Å². The van der Waals surface area contributed by atoms with Gasteiger partial charge >= 0.3 is 0 Å². The fraction of sp³-hybridized carbons (Fsp3) is 0.267. The zero-order valence-corrected chi connectivity index (χ0v) is 22.3. The Bertz CT molecular complexity index is 1600. The van der Waals surface area contributed by atoms with E-state index in [1.54, 1.807) is 6.20 Å². The van der Waals surface area contributed by atoms with Crippen LogP contribution in [0, 0.1) is 6.92 Å². The van der Waals surface area contributed by atoms with Gasteiger partial charge in [-0.3, -0.25) is 9.59 Å². The molecule has 0 aliphatic carbocycles. The smallest absolute Gasteiger partial charge is 0.257 e. The first-order valence-corrected chi connectivity index (χ1v) is 13.6. The van der Waals surface area contributed by atoms with Gasteiger partial charge in [-0.05, 0) is 37.1 Å². The molecular weight excluding hydrogens is 498 g/mol. The minimum absolute atomic E-state index is 0.149. The van der Waals surface area contributed by atoms with Crippen LogP contribution in [0.5, 0.6) is 0 Å². The molecule has 0 aliphatic rings. The molecular formula is C30H31N3O4S. The minimum atomic E-state index is -0.791. The molecule has 196 valence electrons. The summed E-state index contributed by atoms with van der Waals surface area (Å²) in [5.41, 5.74) is 2.76. The number of nitrogens with one attached hydrogen (secondary N) is 2. The molecule has 0 spiro atoms. The molecule has 7 nitrogen and oxygen atoms in total. The first-order valence-electron chi connectivity index (χ1n) is 12.8. The van der Waals surface area contributed by atoms with Gasteiger partial charge in [-0.15, -0.1) is 11.3 Å². The molecule has 3 aromatic heterocycles. The molecule has 0 aliphatic heterocycles. The normalized spacial score (nSPS) is 12.3. The quantitative estimate of drug-likeness (QED) is 0.229. The summed E-state index contributed by atoms with van der Waals surface area (Å²) in [7, 11) is 0. The molecule has 1 unspecified atom stereocenters. The van der Waals surface area contributed by atoms with Crippen molar-refractivity contribution in [2.24, 2.45) is 0 Å². The number of carbonyl (C=O) groups is 1. The van der Waals surface area contributed by atoms with E-state index in [0.717, 1.165) is 38.2 Å². The number of nitrogens with zero attached hydrogens (tertiary/aromatic N) is 1. The Balaban J connectivity index is 1.30. The van der Waals surface area contributed by atoms with Crippen LogP contribution in [-0.2, 0) is 19.6 Å². The second kappa shape index (κ2) is 11.3. The van der Waals surface area contributed by atoms with Crippen LogP contribution in [0.3, 0.4) is 0 Å². The van der Waals surface area contributed by atoms with Gasteiger partial charge in [0.2, 0.25) is 5.43 Å². The zero-order valence-electron chi connectivity index (χ0n) is 21.5. The Morgan fingerprint density at radius 1 is 1.11 bits per heavy atom. The second-order valence-electron chi connectivity index (χ2n) is 9.50. The van der Waals surface area contributed by atoms with Crippen molar-refractivity contribution in [2.75, 3.05) is 6.54 Å². The number of pyridine rings is 1. The average molecular weight is 530 g/mol. The maximum absolute atomic E-state index is 13.3. The second-order valence-corrected chi connectivity index (χ2v) is 10.6. The standard InChI is InChI=1S/C30H31N3O4S/c1-3-12-33-18-24(29(36)32-15-20-10-8-19(2)9-11-20)28(35)23-14-22(38-30(23)33)16-31-17-25(34)27-13-21-6-4-5-7-26(21)37-27/h4-11,13-14,18,25,31,34H,3,12,15-17H2,1-2H3,(H,32,36). The van der Waals surface area contributed by atoms with E-state index in [9.17, 15) is 14.7 Å². The lowest BCUT2D eigenvalue weighted by Crippen LogP contribution is -2.29. The Morgan fingerprint density at radius 2 is 1.89 bits per heavy atom. The highest BCUT2D eigenvalue weighted by atomic mass is 32.1. The molecule has 5 aromatic rings. The largest absolute Gasteiger partial charge is 0.458 e. The number of para-hydroxylation sites is 1. The third kappa shape index (κ3) is 5.57. The van der Waals surface area contributed by atoms with Crippen LogP contribution in [0.2, 0.25) is 0 Å².